The van der Waals surface area contributed by atoms with E-state index in [1.165, 1.54) is 7.11 Å². The van der Waals surface area contributed by atoms with Gasteiger partial charge < -0.3 is 9.47 Å². The van der Waals surface area contributed by atoms with E-state index in [1.54, 1.807) is 45.0 Å². The second-order valence-electron chi connectivity index (χ2n) is 8.18. The van der Waals surface area contributed by atoms with Crippen LogP contribution in [0.4, 0.5) is 0 Å². The number of halogens is 2. The molecule has 0 amide bonds. The van der Waals surface area contributed by atoms with Gasteiger partial charge in [-0.1, -0.05) is 74.3 Å². The van der Waals surface area contributed by atoms with Crippen molar-refractivity contribution in [2.24, 2.45) is 5.41 Å². The molecule has 0 unspecified atom stereocenters. The average Bonchev–Trinajstić information content (AvgIpc) is 2.76. The lowest BCUT2D eigenvalue weighted by molar-refractivity contribution is -0.128. The largest absolute Gasteiger partial charge is 0.469 e. The minimum absolute atomic E-state index is 0.00193. The summed E-state index contributed by atoms with van der Waals surface area (Å²) in [6.45, 7) is 5.16. The summed E-state index contributed by atoms with van der Waals surface area (Å²) in [6.07, 6.45) is 0. The van der Waals surface area contributed by atoms with Crippen LogP contribution in [0.15, 0.2) is 54.6 Å². The van der Waals surface area contributed by atoms with Gasteiger partial charge in [0.1, 0.15) is 12.2 Å². The monoisotopic (exact) mass is 471 g/mol. The molecule has 7 heteroatoms. The summed E-state index contributed by atoms with van der Waals surface area (Å²) in [4.78, 5) is 29.6. The van der Waals surface area contributed by atoms with Crippen molar-refractivity contribution >= 4 is 35.0 Å². The number of nitrogens with zero attached hydrogens (tertiary/aromatic N) is 1. The fourth-order valence-electron chi connectivity index (χ4n) is 2.92. The molecule has 1 aromatic heterocycles. The maximum atomic E-state index is 12.6. The number of methoxy groups -OCH3 is 1. The first-order valence-corrected chi connectivity index (χ1v) is 10.7. The van der Waals surface area contributed by atoms with Gasteiger partial charge in [-0.05, 0) is 29.8 Å². The third-order valence-corrected chi connectivity index (χ3v) is 5.44. The van der Waals surface area contributed by atoms with Gasteiger partial charge in [-0.15, -0.1) is 0 Å². The van der Waals surface area contributed by atoms with Crippen LogP contribution in [-0.2, 0) is 9.53 Å². The molecule has 5 nitrogen and oxygen atoms in total. The normalized spacial score (nSPS) is 11.2. The van der Waals surface area contributed by atoms with Crippen molar-refractivity contribution in [1.29, 1.82) is 0 Å². The van der Waals surface area contributed by atoms with Crippen LogP contribution < -0.4 is 4.74 Å². The average molecular weight is 472 g/mol. The number of carbonyl (C=O) groups is 2. The number of esters is 1. The molecule has 3 aromatic rings. The van der Waals surface area contributed by atoms with Crippen molar-refractivity contribution in [3.05, 3.63) is 70.2 Å². The van der Waals surface area contributed by atoms with E-state index < -0.39 is 11.4 Å². The van der Waals surface area contributed by atoms with Crippen molar-refractivity contribution in [3.63, 3.8) is 0 Å². The number of ketones is 1. The fourth-order valence-corrected chi connectivity index (χ4v) is 3.27. The standard InChI is InChI=1S/C25H23Cl2NO4/c1-25(2,3)21(29)14-32-23-19(24(30)31-4)13-18(15-9-11-16(26)12-10-15)22(28-23)17-7-5-6-8-20(17)27/h5-13H,14H2,1-4H3. The van der Waals surface area contributed by atoms with Gasteiger partial charge in [0.2, 0.25) is 5.88 Å². The zero-order valence-corrected chi connectivity index (χ0v) is 19.8. The third-order valence-electron chi connectivity index (χ3n) is 4.85. The molecule has 0 aliphatic heterocycles. The third kappa shape index (κ3) is 5.29. The van der Waals surface area contributed by atoms with E-state index in [9.17, 15) is 9.59 Å². The second-order valence-corrected chi connectivity index (χ2v) is 9.02. The lowest BCUT2D eigenvalue weighted by atomic mass is 9.91. The number of Topliss-reactive ketones (excluding diaryl/α,β-unsaturated/α-hetero) is 1. The van der Waals surface area contributed by atoms with Gasteiger partial charge >= 0.3 is 5.97 Å². The Morgan fingerprint density at radius 3 is 2.22 bits per heavy atom. The molecule has 0 aliphatic carbocycles. The Labute approximate surface area is 197 Å². The SMILES string of the molecule is COC(=O)c1cc(-c2ccc(Cl)cc2)c(-c2ccccc2Cl)nc1OCC(=O)C(C)(C)C. The van der Waals surface area contributed by atoms with Crippen LogP contribution in [0.2, 0.25) is 10.0 Å². The minimum atomic E-state index is -0.628. The lowest BCUT2D eigenvalue weighted by Crippen LogP contribution is -2.27. The van der Waals surface area contributed by atoms with E-state index in [-0.39, 0.29) is 23.8 Å². The Hall–Kier alpha value is -2.89. The van der Waals surface area contributed by atoms with Crippen molar-refractivity contribution in [3.8, 4) is 28.3 Å². The van der Waals surface area contributed by atoms with Crippen LogP contribution in [0.1, 0.15) is 31.1 Å². The highest BCUT2D eigenvalue weighted by Crippen LogP contribution is 2.38. The van der Waals surface area contributed by atoms with Crippen molar-refractivity contribution in [2.75, 3.05) is 13.7 Å². The van der Waals surface area contributed by atoms with Gasteiger partial charge in [-0.2, -0.15) is 0 Å². The van der Waals surface area contributed by atoms with E-state index in [0.717, 1.165) is 5.56 Å². The molecule has 166 valence electrons. The number of pyridine rings is 1. The molecule has 0 radical (unpaired) electrons. The van der Waals surface area contributed by atoms with Gasteiger partial charge in [0, 0.05) is 26.6 Å². The van der Waals surface area contributed by atoms with Crippen LogP contribution in [0.25, 0.3) is 22.4 Å². The summed E-state index contributed by atoms with van der Waals surface area (Å²) in [5.74, 6) is -0.755. The molecule has 0 saturated carbocycles. The number of carbonyl (C=O) groups excluding carboxylic acids is 2. The highest BCUT2D eigenvalue weighted by Gasteiger charge is 2.25. The second kappa shape index (κ2) is 9.72. The Balaban J connectivity index is 2.22. The van der Waals surface area contributed by atoms with Crippen LogP contribution >= 0.6 is 23.2 Å². The van der Waals surface area contributed by atoms with Crippen molar-refractivity contribution in [2.45, 2.75) is 20.8 Å². The van der Waals surface area contributed by atoms with Crippen LogP contribution in [0.5, 0.6) is 5.88 Å². The number of hydrogen-bond acceptors (Lipinski definition) is 5. The maximum absolute atomic E-state index is 12.6. The van der Waals surface area contributed by atoms with Gasteiger partial charge in [-0.25, -0.2) is 9.78 Å². The summed E-state index contributed by atoms with van der Waals surface area (Å²) in [7, 11) is 1.27. The van der Waals surface area contributed by atoms with Crippen molar-refractivity contribution in [1.82, 2.24) is 4.98 Å². The van der Waals surface area contributed by atoms with E-state index >= 15 is 0 Å². The molecule has 0 spiro atoms. The van der Waals surface area contributed by atoms with E-state index in [2.05, 4.69) is 4.98 Å². The minimum Gasteiger partial charge on any atom is -0.469 e. The first-order valence-electron chi connectivity index (χ1n) is 9.92. The number of ether oxygens (including phenoxy) is 2. The number of aromatic nitrogens is 1. The molecule has 0 aliphatic rings. The Kier molecular flexibility index (Phi) is 7.22. The molecular formula is C25H23Cl2NO4. The van der Waals surface area contributed by atoms with Gasteiger partial charge in [0.25, 0.3) is 0 Å². The predicted octanol–water partition coefficient (Wildman–Crippen LogP) is 6.50. The van der Waals surface area contributed by atoms with E-state index in [1.807, 2.05) is 30.3 Å². The summed E-state index contributed by atoms with van der Waals surface area (Å²) >= 11 is 12.5. The summed E-state index contributed by atoms with van der Waals surface area (Å²) in [5.41, 5.74) is 2.09. The first kappa shape index (κ1) is 23.8. The zero-order chi connectivity index (χ0) is 23.5. The molecule has 3 rings (SSSR count). The Morgan fingerprint density at radius 1 is 0.969 bits per heavy atom. The fraction of sp³-hybridized carbons (Fsp3) is 0.240. The predicted molar refractivity (Wildman–Crippen MR) is 126 cm³/mol. The molecule has 2 aromatic carbocycles. The molecule has 0 atom stereocenters. The Bertz CT molecular complexity index is 1150. The highest BCUT2D eigenvalue weighted by atomic mass is 35.5. The number of benzene rings is 2. The molecule has 1 heterocycles. The summed E-state index contributed by atoms with van der Waals surface area (Å²) < 4.78 is 10.7. The first-order chi connectivity index (χ1) is 15.1. The van der Waals surface area contributed by atoms with Gasteiger partial charge in [0.05, 0.1) is 12.8 Å². The van der Waals surface area contributed by atoms with Crippen LogP contribution in [-0.4, -0.2) is 30.5 Å². The molecular weight excluding hydrogens is 449 g/mol. The van der Waals surface area contributed by atoms with Gasteiger partial charge in [-0.3, -0.25) is 4.79 Å². The quantitative estimate of drug-likeness (QED) is 0.383. The highest BCUT2D eigenvalue weighted by molar-refractivity contribution is 6.33. The van der Waals surface area contributed by atoms with Crippen LogP contribution in [0.3, 0.4) is 0 Å². The molecule has 0 saturated heterocycles. The van der Waals surface area contributed by atoms with Crippen molar-refractivity contribution < 1.29 is 19.1 Å². The molecule has 0 N–H and O–H groups in total. The number of hydrogen-bond donors (Lipinski definition) is 0. The number of rotatable bonds is 6. The maximum Gasteiger partial charge on any atom is 0.343 e. The van der Waals surface area contributed by atoms with Gasteiger partial charge in [0.15, 0.2) is 5.78 Å². The molecule has 0 bridgehead atoms. The topological polar surface area (TPSA) is 65.5 Å². The zero-order valence-electron chi connectivity index (χ0n) is 18.2. The van der Waals surface area contributed by atoms with E-state index in [0.29, 0.717) is 26.9 Å². The van der Waals surface area contributed by atoms with Crippen LogP contribution in [0, 0.1) is 5.41 Å². The lowest BCUT2D eigenvalue weighted by Gasteiger charge is -2.19. The molecule has 32 heavy (non-hydrogen) atoms. The smallest absolute Gasteiger partial charge is 0.343 e. The summed E-state index contributed by atoms with van der Waals surface area (Å²) in [5, 5.41) is 1.06. The molecule has 0 fully saturated rings. The Morgan fingerprint density at radius 2 is 1.62 bits per heavy atom. The van der Waals surface area contributed by atoms with E-state index in [4.69, 9.17) is 32.7 Å². The summed E-state index contributed by atoms with van der Waals surface area (Å²) in [6, 6.07) is 16.0.